The first-order chi connectivity index (χ1) is 16.5. The van der Waals surface area contributed by atoms with Crippen molar-refractivity contribution in [3.8, 4) is 0 Å². The van der Waals surface area contributed by atoms with Gasteiger partial charge < -0.3 is 21.3 Å². The fourth-order valence-electron chi connectivity index (χ4n) is 4.21. The lowest BCUT2D eigenvalue weighted by Crippen LogP contribution is -2.21. The molecule has 35 heavy (non-hydrogen) atoms. The van der Waals surface area contributed by atoms with Crippen molar-refractivity contribution < 1.29 is 31.5 Å². The summed E-state index contributed by atoms with van der Waals surface area (Å²) >= 11 is 6.26. The summed E-state index contributed by atoms with van der Waals surface area (Å²) in [6, 6.07) is 5.58. The van der Waals surface area contributed by atoms with Crippen LogP contribution in [0.25, 0.3) is 0 Å². The third kappa shape index (κ3) is 4.01. The number of amides is 2. The summed E-state index contributed by atoms with van der Waals surface area (Å²) in [5.74, 6) is -3.42. The van der Waals surface area contributed by atoms with Crippen LogP contribution < -0.4 is 21.3 Å². The SMILES string of the molecule is O=C(Nc1cc2c(c3c1C(c1cc(F)ccc1Cl)NC3=O)NCN2)c1cc(F)cc(C(F)(F)F)c1. The summed E-state index contributed by atoms with van der Waals surface area (Å²) in [5, 5.41) is 11.3. The quantitative estimate of drug-likeness (QED) is 0.351. The number of rotatable bonds is 3. The van der Waals surface area contributed by atoms with Crippen molar-refractivity contribution >= 4 is 40.5 Å². The standard InChI is InChI=1S/C23H14ClF5N4O2/c24-14-2-1-11(25)6-13(14)19-17-15(7-16-20(31-8-30-16)18(17)22(35)33-19)32-21(34)9-3-10(23(27,28)29)5-12(26)4-9/h1-7,19,30-31H,8H2,(H,32,34)(H,33,35). The van der Waals surface area contributed by atoms with Crippen molar-refractivity contribution in [2.45, 2.75) is 12.2 Å². The van der Waals surface area contributed by atoms with E-state index in [9.17, 15) is 31.5 Å². The Balaban J connectivity index is 1.62. The minimum absolute atomic E-state index is 0.0569. The molecule has 0 fully saturated rings. The Hall–Kier alpha value is -3.86. The van der Waals surface area contributed by atoms with Gasteiger partial charge in [0.05, 0.1) is 35.2 Å². The highest BCUT2D eigenvalue weighted by atomic mass is 35.5. The van der Waals surface area contributed by atoms with E-state index in [0.29, 0.717) is 23.5 Å². The van der Waals surface area contributed by atoms with Crippen LogP contribution >= 0.6 is 11.6 Å². The van der Waals surface area contributed by atoms with E-state index in [1.165, 1.54) is 12.1 Å². The summed E-state index contributed by atoms with van der Waals surface area (Å²) in [4.78, 5) is 25.8. The third-order valence-corrected chi connectivity index (χ3v) is 6.05. The maximum absolute atomic E-state index is 14.0. The van der Waals surface area contributed by atoms with E-state index in [2.05, 4.69) is 21.3 Å². The number of hydrogen-bond acceptors (Lipinski definition) is 4. The van der Waals surface area contributed by atoms with E-state index >= 15 is 0 Å². The van der Waals surface area contributed by atoms with Gasteiger partial charge in [0.15, 0.2) is 0 Å². The molecule has 4 N–H and O–H groups in total. The van der Waals surface area contributed by atoms with Gasteiger partial charge in [-0.15, -0.1) is 0 Å². The van der Waals surface area contributed by atoms with Gasteiger partial charge in [0.25, 0.3) is 11.8 Å². The molecule has 2 amide bonds. The van der Waals surface area contributed by atoms with E-state index in [4.69, 9.17) is 11.6 Å². The van der Waals surface area contributed by atoms with Gasteiger partial charge in [0.1, 0.15) is 11.6 Å². The van der Waals surface area contributed by atoms with Crippen LogP contribution in [0.1, 0.15) is 43.4 Å². The van der Waals surface area contributed by atoms with Gasteiger partial charge in [-0.1, -0.05) is 11.6 Å². The summed E-state index contributed by atoms with van der Waals surface area (Å²) in [7, 11) is 0. The molecule has 0 aliphatic carbocycles. The number of anilines is 3. The summed E-state index contributed by atoms with van der Waals surface area (Å²) in [5.41, 5.74) is -0.344. The van der Waals surface area contributed by atoms with Crippen LogP contribution in [0.5, 0.6) is 0 Å². The Morgan fingerprint density at radius 2 is 1.80 bits per heavy atom. The molecule has 5 rings (SSSR count). The van der Waals surface area contributed by atoms with Crippen LogP contribution in [0, 0.1) is 11.6 Å². The molecular weight excluding hydrogens is 495 g/mol. The predicted molar refractivity (Wildman–Crippen MR) is 119 cm³/mol. The lowest BCUT2D eigenvalue weighted by atomic mass is 9.94. The molecule has 2 heterocycles. The Bertz CT molecular complexity index is 1410. The lowest BCUT2D eigenvalue weighted by molar-refractivity contribution is -0.137. The van der Waals surface area contributed by atoms with E-state index in [1.807, 2.05) is 0 Å². The Labute approximate surface area is 199 Å². The molecule has 0 radical (unpaired) electrons. The van der Waals surface area contributed by atoms with Crippen LogP contribution in [0.3, 0.4) is 0 Å². The van der Waals surface area contributed by atoms with Gasteiger partial charge in [-0.25, -0.2) is 8.78 Å². The molecule has 0 saturated carbocycles. The molecule has 12 heteroatoms. The van der Waals surface area contributed by atoms with E-state index < -0.39 is 46.8 Å². The van der Waals surface area contributed by atoms with Crippen molar-refractivity contribution in [2.75, 3.05) is 22.6 Å². The van der Waals surface area contributed by atoms with Crippen LogP contribution in [0.4, 0.5) is 39.0 Å². The molecule has 2 aliphatic heterocycles. The molecule has 180 valence electrons. The smallest absolute Gasteiger partial charge is 0.366 e. The van der Waals surface area contributed by atoms with Crippen LogP contribution in [0.2, 0.25) is 5.02 Å². The second-order valence-corrected chi connectivity index (χ2v) is 8.33. The van der Waals surface area contributed by atoms with Crippen molar-refractivity contribution in [1.29, 1.82) is 0 Å². The van der Waals surface area contributed by atoms with Gasteiger partial charge in [-0.3, -0.25) is 9.59 Å². The first-order valence-electron chi connectivity index (χ1n) is 10.2. The van der Waals surface area contributed by atoms with Crippen molar-refractivity contribution in [1.82, 2.24) is 5.32 Å². The zero-order valence-electron chi connectivity index (χ0n) is 17.4. The molecule has 0 spiro atoms. The average Bonchev–Trinajstić information content (AvgIpc) is 3.38. The molecular formula is C23H14ClF5N4O2. The van der Waals surface area contributed by atoms with E-state index in [0.717, 1.165) is 12.1 Å². The monoisotopic (exact) mass is 508 g/mol. The largest absolute Gasteiger partial charge is 0.416 e. The molecule has 1 unspecified atom stereocenters. The zero-order chi connectivity index (χ0) is 25.1. The summed E-state index contributed by atoms with van der Waals surface area (Å²) in [6.45, 7) is 0.274. The van der Waals surface area contributed by atoms with Crippen molar-refractivity contribution in [3.05, 3.63) is 86.9 Å². The number of nitrogens with one attached hydrogen (secondary N) is 4. The van der Waals surface area contributed by atoms with Gasteiger partial charge >= 0.3 is 6.18 Å². The highest BCUT2D eigenvalue weighted by molar-refractivity contribution is 6.31. The number of benzene rings is 3. The zero-order valence-corrected chi connectivity index (χ0v) is 18.2. The van der Waals surface area contributed by atoms with Gasteiger partial charge in [0, 0.05) is 27.4 Å². The first-order valence-corrected chi connectivity index (χ1v) is 10.5. The number of carbonyl (C=O) groups excluding carboxylic acids is 2. The first kappa shape index (κ1) is 22.9. The molecule has 6 nitrogen and oxygen atoms in total. The Kier molecular flexibility index (Phi) is 5.32. The number of carbonyl (C=O) groups is 2. The molecule has 2 aliphatic rings. The third-order valence-electron chi connectivity index (χ3n) is 5.71. The summed E-state index contributed by atoms with van der Waals surface area (Å²) < 4.78 is 67.2. The van der Waals surface area contributed by atoms with Crippen LogP contribution in [0.15, 0.2) is 42.5 Å². The van der Waals surface area contributed by atoms with E-state index in [-0.39, 0.29) is 40.1 Å². The minimum atomic E-state index is -4.86. The number of fused-ring (bicyclic) bond motifs is 3. The van der Waals surface area contributed by atoms with Gasteiger partial charge in [0.2, 0.25) is 0 Å². The van der Waals surface area contributed by atoms with Crippen LogP contribution in [-0.2, 0) is 6.18 Å². The lowest BCUT2D eigenvalue weighted by Gasteiger charge is -2.19. The second kappa shape index (κ2) is 8.12. The highest BCUT2D eigenvalue weighted by Crippen LogP contribution is 2.46. The molecule has 1 atom stereocenters. The second-order valence-electron chi connectivity index (χ2n) is 7.92. The maximum atomic E-state index is 14.0. The molecule has 0 saturated heterocycles. The normalized spacial score (nSPS) is 16.2. The minimum Gasteiger partial charge on any atom is -0.366 e. The molecule has 3 aromatic rings. The molecule has 0 aromatic heterocycles. The maximum Gasteiger partial charge on any atom is 0.416 e. The summed E-state index contributed by atoms with van der Waals surface area (Å²) in [6.07, 6.45) is -4.86. The van der Waals surface area contributed by atoms with E-state index in [1.54, 1.807) is 0 Å². The predicted octanol–water partition coefficient (Wildman–Crippen LogP) is 5.52. The fourth-order valence-corrected chi connectivity index (χ4v) is 4.44. The number of halogens is 6. The number of hydrogen-bond donors (Lipinski definition) is 4. The van der Waals surface area contributed by atoms with Crippen molar-refractivity contribution in [3.63, 3.8) is 0 Å². The highest BCUT2D eigenvalue weighted by Gasteiger charge is 2.39. The molecule has 3 aromatic carbocycles. The number of alkyl halides is 3. The van der Waals surface area contributed by atoms with Gasteiger partial charge in [-0.2, -0.15) is 13.2 Å². The Morgan fingerprint density at radius 3 is 2.54 bits per heavy atom. The Morgan fingerprint density at radius 1 is 1.03 bits per heavy atom. The molecule has 0 bridgehead atoms. The van der Waals surface area contributed by atoms with Crippen molar-refractivity contribution in [2.24, 2.45) is 0 Å². The van der Waals surface area contributed by atoms with Crippen LogP contribution in [-0.4, -0.2) is 18.5 Å². The van der Waals surface area contributed by atoms with Gasteiger partial charge in [-0.05, 0) is 42.5 Å². The fraction of sp³-hybridized carbons (Fsp3) is 0.130. The average molecular weight is 509 g/mol. The topological polar surface area (TPSA) is 82.3 Å².